The Morgan fingerprint density at radius 3 is 2.58 bits per heavy atom. The van der Waals surface area contributed by atoms with Crippen LogP contribution in [0.3, 0.4) is 0 Å². The molecule has 0 saturated heterocycles. The first-order chi connectivity index (χ1) is 11.5. The van der Waals surface area contributed by atoms with Gasteiger partial charge in [-0.1, -0.05) is 19.9 Å². The maximum atomic E-state index is 11.9. The van der Waals surface area contributed by atoms with Crippen molar-refractivity contribution in [1.82, 2.24) is 0 Å². The fourth-order valence-electron chi connectivity index (χ4n) is 3.10. The zero-order chi connectivity index (χ0) is 17.3. The van der Waals surface area contributed by atoms with Crippen LogP contribution in [0.1, 0.15) is 41.5 Å². The molecule has 3 rings (SSSR count). The molecule has 0 fully saturated rings. The van der Waals surface area contributed by atoms with Gasteiger partial charge in [0.15, 0.2) is 0 Å². The van der Waals surface area contributed by atoms with Crippen LogP contribution in [-0.2, 0) is 6.54 Å². The maximum Gasteiger partial charge on any atom is 0.336 e. The molecule has 0 spiro atoms. The standard InChI is InChI=1S/C20H23NO2S/c1-12(2)20(18-6-5-7-24-18)21-11-15-10-19(22)23-17-9-14(4)13(3)8-16(15)17/h5-10,12,20-21H,11H2,1-4H3/p+1/t20-/m1/s1. The van der Waals surface area contributed by atoms with E-state index in [1.165, 1.54) is 10.4 Å². The second-order valence-corrected chi connectivity index (χ2v) is 7.73. The highest BCUT2D eigenvalue weighted by Gasteiger charge is 2.21. The molecular weight excluding hydrogens is 318 g/mol. The van der Waals surface area contributed by atoms with Gasteiger partial charge < -0.3 is 9.73 Å². The van der Waals surface area contributed by atoms with Gasteiger partial charge in [0.25, 0.3) is 0 Å². The van der Waals surface area contributed by atoms with E-state index in [-0.39, 0.29) is 5.63 Å². The molecule has 2 N–H and O–H groups in total. The Morgan fingerprint density at radius 2 is 1.92 bits per heavy atom. The van der Waals surface area contributed by atoms with E-state index in [1.807, 2.05) is 13.0 Å². The summed E-state index contributed by atoms with van der Waals surface area (Å²) in [5, 5.41) is 5.50. The highest BCUT2D eigenvalue weighted by molar-refractivity contribution is 7.10. The van der Waals surface area contributed by atoms with Gasteiger partial charge in [-0.05, 0) is 48.6 Å². The number of rotatable bonds is 5. The third-order valence-electron chi connectivity index (χ3n) is 4.63. The Bertz CT molecular complexity index is 894. The first-order valence-corrected chi connectivity index (χ1v) is 9.24. The van der Waals surface area contributed by atoms with E-state index in [2.05, 4.69) is 49.7 Å². The van der Waals surface area contributed by atoms with E-state index in [1.54, 1.807) is 17.4 Å². The Hall–Kier alpha value is -1.91. The number of benzene rings is 1. The second kappa shape index (κ2) is 6.91. The number of hydrogen-bond donors (Lipinski definition) is 1. The molecule has 2 aromatic heterocycles. The Morgan fingerprint density at radius 1 is 1.17 bits per heavy atom. The lowest BCUT2D eigenvalue weighted by molar-refractivity contribution is -0.716. The number of aryl methyl sites for hydroxylation is 2. The zero-order valence-corrected chi connectivity index (χ0v) is 15.4. The summed E-state index contributed by atoms with van der Waals surface area (Å²) in [7, 11) is 0. The van der Waals surface area contributed by atoms with E-state index >= 15 is 0 Å². The SMILES string of the molecule is Cc1cc2oc(=O)cc(C[NH2+][C@@H](c3cccs3)C(C)C)c2cc1C. The molecule has 0 bridgehead atoms. The average Bonchev–Trinajstić information content (AvgIpc) is 3.03. The number of quaternary nitrogens is 1. The van der Waals surface area contributed by atoms with Crippen molar-refractivity contribution >= 4 is 22.3 Å². The van der Waals surface area contributed by atoms with Crippen molar-refractivity contribution in [2.75, 3.05) is 0 Å². The van der Waals surface area contributed by atoms with Crippen LogP contribution in [0.4, 0.5) is 0 Å². The first kappa shape index (κ1) is 16.9. The summed E-state index contributed by atoms with van der Waals surface area (Å²) < 4.78 is 5.40. The lowest BCUT2D eigenvalue weighted by Crippen LogP contribution is -2.84. The Kier molecular flexibility index (Phi) is 4.88. The molecule has 3 nitrogen and oxygen atoms in total. The molecule has 1 atom stereocenters. The van der Waals surface area contributed by atoms with Crippen LogP contribution in [0.5, 0.6) is 0 Å². The third-order valence-corrected chi connectivity index (χ3v) is 5.60. The highest BCUT2D eigenvalue weighted by Crippen LogP contribution is 2.24. The molecule has 126 valence electrons. The molecule has 0 saturated carbocycles. The topological polar surface area (TPSA) is 46.8 Å². The fraction of sp³-hybridized carbons (Fsp3) is 0.350. The summed E-state index contributed by atoms with van der Waals surface area (Å²) >= 11 is 1.79. The minimum atomic E-state index is -0.272. The van der Waals surface area contributed by atoms with E-state index in [4.69, 9.17) is 4.42 Å². The fourth-order valence-corrected chi connectivity index (χ4v) is 4.10. The second-order valence-electron chi connectivity index (χ2n) is 6.75. The van der Waals surface area contributed by atoms with Crippen molar-refractivity contribution in [2.45, 2.75) is 40.3 Å². The molecule has 1 aromatic carbocycles. The van der Waals surface area contributed by atoms with Gasteiger partial charge in [0.1, 0.15) is 18.2 Å². The number of thiophene rings is 1. The smallest absolute Gasteiger partial charge is 0.336 e. The van der Waals surface area contributed by atoms with Gasteiger partial charge in [-0.15, -0.1) is 11.3 Å². The summed E-state index contributed by atoms with van der Waals surface area (Å²) in [5.41, 5.74) is 3.82. The molecule has 0 aliphatic rings. The normalized spacial score (nSPS) is 12.9. The number of fused-ring (bicyclic) bond motifs is 1. The van der Waals surface area contributed by atoms with Crippen LogP contribution in [0, 0.1) is 19.8 Å². The number of hydrogen-bond acceptors (Lipinski definition) is 3. The molecule has 2 heterocycles. The lowest BCUT2D eigenvalue weighted by atomic mass is 10.0. The molecular formula is C20H24NO2S+. The van der Waals surface area contributed by atoms with Crippen molar-refractivity contribution < 1.29 is 9.73 Å². The molecule has 24 heavy (non-hydrogen) atoms. The van der Waals surface area contributed by atoms with E-state index in [9.17, 15) is 4.79 Å². The maximum absolute atomic E-state index is 11.9. The van der Waals surface area contributed by atoms with Gasteiger partial charge in [-0.2, -0.15) is 0 Å². The van der Waals surface area contributed by atoms with Crippen LogP contribution in [0.25, 0.3) is 11.0 Å². The van der Waals surface area contributed by atoms with Crippen molar-refractivity contribution in [2.24, 2.45) is 5.92 Å². The van der Waals surface area contributed by atoms with Gasteiger partial charge in [0.05, 0.1) is 4.88 Å². The molecule has 0 radical (unpaired) electrons. The van der Waals surface area contributed by atoms with Gasteiger partial charge in [-0.25, -0.2) is 4.79 Å². The quantitative estimate of drug-likeness (QED) is 0.714. The van der Waals surface area contributed by atoms with Crippen molar-refractivity contribution in [1.29, 1.82) is 0 Å². The van der Waals surface area contributed by atoms with Gasteiger partial charge in [0.2, 0.25) is 0 Å². The molecule has 0 aliphatic carbocycles. The van der Waals surface area contributed by atoms with Crippen molar-refractivity contribution in [3.8, 4) is 0 Å². The summed E-state index contributed by atoms with van der Waals surface area (Å²) in [6.07, 6.45) is 0. The van der Waals surface area contributed by atoms with Gasteiger partial charge in [0, 0.05) is 22.9 Å². The van der Waals surface area contributed by atoms with E-state index < -0.39 is 0 Å². The summed E-state index contributed by atoms with van der Waals surface area (Å²) in [4.78, 5) is 13.3. The monoisotopic (exact) mass is 342 g/mol. The summed E-state index contributed by atoms with van der Waals surface area (Å²) in [6, 6.07) is 10.4. The Labute approximate surface area is 146 Å². The van der Waals surface area contributed by atoms with E-state index in [0.29, 0.717) is 17.5 Å². The molecule has 3 aromatic rings. The molecule has 0 aliphatic heterocycles. The highest BCUT2D eigenvalue weighted by atomic mass is 32.1. The number of nitrogens with two attached hydrogens (primary N) is 1. The van der Waals surface area contributed by atoms with Crippen LogP contribution in [0.2, 0.25) is 0 Å². The van der Waals surface area contributed by atoms with Crippen LogP contribution in [-0.4, -0.2) is 0 Å². The molecule has 0 amide bonds. The predicted molar refractivity (Wildman–Crippen MR) is 99.5 cm³/mol. The zero-order valence-electron chi connectivity index (χ0n) is 14.6. The summed E-state index contributed by atoms with van der Waals surface area (Å²) in [5.74, 6) is 0.527. The predicted octanol–water partition coefficient (Wildman–Crippen LogP) is 3.93. The molecule has 4 heteroatoms. The van der Waals surface area contributed by atoms with Crippen LogP contribution >= 0.6 is 11.3 Å². The molecule has 0 unspecified atom stereocenters. The summed E-state index contributed by atoms with van der Waals surface area (Å²) in [6.45, 7) is 9.39. The minimum Gasteiger partial charge on any atom is -0.423 e. The minimum absolute atomic E-state index is 0.272. The first-order valence-electron chi connectivity index (χ1n) is 8.36. The van der Waals surface area contributed by atoms with Gasteiger partial charge in [-0.3, -0.25) is 0 Å². The van der Waals surface area contributed by atoms with Crippen molar-refractivity contribution in [3.63, 3.8) is 0 Å². The third kappa shape index (κ3) is 3.45. The van der Waals surface area contributed by atoms with Crippen molar-refractivity contribution in [3.05, 3.63) is 67.7 Å². The average molecular weight is 342 g/mol. The van der Waals surface area contributed by atoms with Crippen LogP contribution < -0.4 is 10.9 Å². The van der Waals surface area contributed by atoms with Gasteiger partial charge >= 0.3 is 5.63 Å². The lowest BCUT2D eigenvalue weighted by Gasteiger charge is -2.18. The Balaban J connectivity index is 1.94. The largest absolute Gasteiger partial charge is 0.423 e. The van der Waals surface area contributed by atoms with E-state index in [0.717, 1.165) is 23.1 Å². The van der Waals surface area contributed by atoms with Crippen LogP contribution in [0.15, 0.2) is 44.9 Å².